The first-order valence-corrected chi connectivity index (χ1v) is 9.84. The van der Waals surface area contributed by atoms with Crippen molar-refractivity contribution in [2.75, 3.05) is 48.6 Å². The van der Waals surface area contributed by atoms with Gasteiger partial charge in [-0.25, -0.2) is 0 Å². The molecular weight excluding hydrogens is 368 g/mol. The second-order valence-corrected chi connectivity index (χ2v) is 7.60. The van der Waals surface area contributed by atoms with Crippen LogP contribution in [0.5, 0.6) is 23.0 Å². The molecule has 0 amide bonds. The molecule has 2 unspecified atom stereocenters. The number of piperidine rings is 1. The highest BCUT2D eigenvalue weighted by Crippen LogP contribution is 2.42. The third kappa shape index (κ3) is 3.53. The minimum atomic E-state index is 0.240. The molecule has 6 heteroatoms. The maximum Gasteiger partial charge on any atom is 0.161 e. The van der Waals surface area contributed by atoms with Gasteiger partial charge in [-0.05, 0) is 49.8 Å². The SMILES string of the molecule is COc1cc(OC)cc(C2=NC3CCN(C)CC3c3cc(OC)c(OC)cc32)c1. The number of nitrogens with zero attached hydrogens (tertiary/aromatic N) is 2. The number of benzene rings is 2. The molecule has 2 aliphatic heterocycles. The monoisotopic (exact) mass is 396 g/mol. The van der Waals surface area contributed by atoms with Gasteiger partial charge in [0.2, 0.25) is 0 Å². The zero-order chi connectivity index (χ0) is 20.5. The highest BCUT2D eigenvalue weighted by molar-refractivity contribution is 6.15. The van der Waals surface area contributed by atoms with E-state index in [9.17, 15) is 0 Å². The van der Waals surface area contributed by atoms with Crippen LogP contribution < -0.4 is 18.9 Å². The van der Waals surface area contributed by atoms with Gasteiger partial charge in [-0.2, -0.15) is 0 Å². The summed E-state index contributed by atoms with van der Waals surface area (Å²) in [6, 6.07) is 10.3. The minimum Gasteiger partial charge on any atom is -0.497 e. The molecule has 0 saturated carbocycles. The van der Waals surface area contributed by atoms with Crippen molar-refractivity contribution in [3.63, 3.8) is 0 Å². The predicted molar refractivity (Wildman–Crippen MR) is 113 cm³/mol. The fourth-order valence-electron chi connectivity index (χ4n) is 4.38. The Labute approximate surface area is 172 Å². The molecule has 2 atom stereocenters. The van der Waals surface area contributed by atoms with Crippen LogP contribution in [0.2, 0.25) is 0 Å². The van der Waals surface area contributed by atoms with Crippen molar-refractivity contribution >= 4 is 5.71 Å². The van der Waals surface area contributed by atoms with Crippen LogP contribution >= 0.6 is 0 Å². The summed E-state index contributed by atoms with van der Waals surface area (Å²) < 4.78 is 22.2. The van der Waals surface area contributed by atoms with E-state index in [1.165, 1.54) is 5.56 Å². The van der Waals surface area contributed by atoms with Crippen molar-refractivity contribution < 1.29 is 18.9 Å². The summed E-state index contributed by atoms with van der Waals surface area (Å²) in [6.07, 6.45) is 1.03. The average molecular weight is 396 g/mol. The molecule has 0 bridgehead atoms. The van der Waals surface area contributed by atoms with E-state index in [1.807, 2.05) is 24.3 Å². The van der Waals surface area contributed by atoms with Gasteiger partial charge < -0.3 is 23.8 Å². The molecule has 1 saturated heterocycles. The average Bonchev–Trinajstić information content (AvgIpc) is 2.77. The summed E-state index contributed by atoms with van der Waals surface area (Å²) in [5.41, 5.74) is 4.26. The van der Waals surface area contributed by atoms with Crippen molar-refractivity contribution in [3.8, 4) is 23.0 Å². The highest BCUT2D eigenvalue weighted by Gasteiger charge is 2.36. The van der Waals surface area contributed by atoms with E-state index in [-0.39, 0.29) is 6.04 Å². The van der Waals surface area contributed by atoms with Gasteiger partial charge in [0.05, 0.1) is 40.2 Å². The molecule has 6 nitrogen and oxygen atoms in total. The molecule has 0 aliphatic carbocycles. The van der Waals surface area contributed by atoms with Gasteiger partial charge in [-0.1, -0.05) is 0 Å². The van der Waals surface area contributed by atoms with Crippen LogP contribution in [0.4, 0.5) is 0 Å². The molecule has 0 N–H and O–H groups in total. The van der Waals surface area contributed by atoms with E-state index in [2.05, 4.69) is 18.0 Å². The molecule has 4 rings (SSSR count). The number of ether oxygens (including phenoxy) is 4. The van der Waals surface area contributed by atoms with Gasteiger partial charge in [0, 0.05) is 29.7 Å². The standard InChI is InChI=1S/C23H28N2O4/c1-25-7-6-20-19(13-25)17-11-21(28-4)22(29-5)12-18(17)23(24-20)14-8-15(26-2)10-16(9-14)27-3/h8-12,19-20H,6-7,13H2,1-5H3. The number of likely N-dealkylation sites (N-methyl/N-ethyl adjacent to an activating group) is 1. The van der Waals surface area contributed by atoms with Crippen LogP contribution in [0.1, 0.15) is 29.0 Å². The van der Waals surface area contributed by atoms with Crippen LogP contribution in [-0.4, -0.2) is 65.2 Å². The molecule has 29 heavy (non-hydrogen) atoms. The number of likely N-dealkylation sites (tertiary alicyclic amines) is 1. The fraction of sp³-hybridized carbons (Fsp3) is 0.435. The van der Waals surface area contributed by atoms with Gasteiger partial charge in [0.1, 0.15) is 11.5 Å². The number of aliphatic imine (C=N–C) groups is 1. The first-order chi connectivity index (χ1) is 14.1. The van der Waals surface area contributed by atoms with Crippen LogP contribution in [-0.2, 0) is 0 Å². The van der Waals surface area contributed by atoms with Gasteiger partial charge >= 0.3 is 0 Å². The number of rotatable bonds is 5. The quantitative estimate of drug-likeness (QED) is 0.776. The first-order valence-electron chi connectivity index (χ1n) is 9.84. The third-order valence-electron chi connectivity index (χ3n) is 5.91. The third-order valence-corrected chi connectivity index (χ3v) is 5.91. The van der Waals surface area contributed by atoms with E-state index in [4.69, 9.17) is 23.9 Å². The van der Waals surface area contributed by atoms with E-state index < -0.39 is 0 Å². The Balaban J connectivity index is 1.91. The summed E-state index contributed by atoms with van der Waals surface area (Å²) in [4.78, 5) is 7.59. The van der Waals surface area contributed by atoms with Gasteiger partial charge in [0.15, 0.2) is 11.5 Å². The Morgan fingerprint density at radius 1 is 0.862 bits per heavy atom. The largest absolute Gasteiger partial charge is 0.497 e. The predicted octanol–water partition coefficient (Wildman–Crippen LogP) is 3.36. The second-order valence-electron chi connectivity index (χ2n) is 7.60. The number of hydrogen-bond donors (Lipinski definition) is 0. The smallest absolute Gasteiger partial charge is 0.161 e. The Kier molecular flexibility index (Phi) is 5.37. The normalized spacial score (nSPS) is 20.9. The van der Waals surface area contributed by atoms with E-state index >= 15 is 0 Å². The van der Waals surface area contributed by atoms with Gasteiger partial charge in [-0.15, -0.1) is 0 Å². The number of fused-ring (bicyclic) bond motifs is 3. The zero-order valence-corrected chi connectivity index (χ0v) is 17.7. The Hall–Kier alpha value is -2.73. The molecule has 2 aromatic carbocycles. The van der Waals surface area contributed by atoms with E-state index in [1.54, 1.807) is 28.4 Å². The molecular formula is C23H28N2O4. The van der Waals surface area contributed by atoms with Crippen LogP contribution in [0.3, 0.4) is 0 Å². The summed E-state index contributed by atoms with van der Waals surface area (Å²) in [6.45, 7) is 2.02. The number of methoxy groups -OCH3 is 4. The van der Waals surface area contributed by atoms with Crippen molar-refractivity contribution in [3.05, 3.63) is 47.0 Å². The Morgan fingerprint density at radius 3 is 2.14 bits per heavy atom. The summed E-state index contributed by atoms with van der Waals surface area (Å²) in [5.74, 6) is 3.28. The van der Waals surface area contributed by atoms with Crippen LogP contribution in [0.15, 0.2) is 35.3 Å². The van der Waals surface area contributed by atoms with Crippen molar-refractivity contribution in [1.82, 2.24) is 4.90 Å². The van der Waals surface area contributed by atoms with Crippen LogP contribution in [0.25, 0.3) is 0 Å². The molecule has 1 fully saturated rings. The minimum absolute atomic E-state index is 0.240. The Bertz CT molecular complexity index is 918. The summed E-state index contributed by atoms with van der Waals surface area (Å²) >= 11 is 0. The summed E-state index contributed by atoms with van der Waals surface area (Å²) in [7, 11) is 8.84. The molecule has 2 aliphatic rings. The van der Waals surface area contributed by atoms with Crippen molar-refractivity contribution in [2.24, 2.45) is 4.99 Å². The fourth-order valence-corrected chi connectivity index (χ4v) is 4.38. The molecule has 0 aromatic heterocycles. The topological polar surface area (TPSA) is 52.5 Å². The molecule has 154 valence electrons. The van der Waals surface area contributed by atoms with Crippen molar-refractivity contribution in [1.29, 1.82) is 0 Å². The first kappa shape index (κ1) is 19.6. The lowest BCUT2D eigenvalue weighted by atomic mass is 9.79. The van der Waals surface area contributed by atoms with Gasteiger partial charge in [0.25, 0.3) is 0 Å². The lowest BCUT2D eigenvalue weighted by molar-refractivity contribution is 0.227. The maximum absolute atomic E-state index is 5.60. The molecule has 0 radical (unpaired) electrons. The lowest BCUT2D eigenvalue weighted by Gasteiger charge is -2.39. The maximum atomic E-state index is 5.60. The molecule has 2 aromatic rings. The molecule has 2 heterocycles. The molecule has 0 spiro atoms. The number of hydrogen-bond acceptors (Lipinski definition) is 6. The van der Waals surface area contributed by atoms with Gasteiger partial charge in [-0.3, -0.25) is 4.99 Å². The van der Waals surface area contributed by atoms with E-state index in [0.717, 1.165) is 53.6 Å². The highest BCUT2D eigenvalue weighted by atomic mass is 16.5. The Morgan fingerprint density at radius 2 is 1.52 bits per heavy atom. The van der Waals surface area contributed by atoms with E-state index in [0.29, 0.717) is 11.7 Å². The summed E-state index contributed by atoms with van der Waals surface area (Å²) in [5, 5.41) is 0. The lowest BCUT2D eigenvalue weighted by Crippen LogP contribution is -2.41. The van der Waals surface area contributed by atoms with Crippen LogP contribution in [0, 0.1) is 0 Å². The second kappa shape index (κ2) is 7.95. The van der Waals surface area contributed by atoms with Crippen molar-refractivity contribution in [2.45, 2.75) is 18.4 Å². The zero-order valence-electron chi connectivity index (χ0n) is 17.7.